The Kier molecular flexibility index (Phi) is 6.16. The molecule has 0 atom stereocenters. The summed E-state index contributed by atoms with van der Waals surface area (Å²) in [5, 5.41) is 10.4. The number of halogens is 3. The van der Waals surface area contributed by atoms with Gasteiger partial charge in [-0.25, -0.2) is 13.4 Å². The van der Waals surface area contributed by atoms with Crippen molar-refractivity contribution in [1.29, 1.82) is 0 Å². The van der Waals surface area contributed by atoms with Gasteiger partial charge < -0.3 is 9.84 Å². The van der Waals surface area contributed by atoms with Crippen LogP contribution in [0.1, 0.15) is 31.2 Å². The van der Waals surface area contributed by atoms with E-state index in [0.717, 1.165) is 25.2 Å². The van der Waals surface area contributed by atoms with Crippen LogP contribution in [0.25, 0.3) is 11.1 Å². The number of benzene rings is 1. The van der Waals surface area contributed by atoms with Gasteiger partial charge in [0.05, 0.1) is 10.5 Å². The van der Waals surface area contributed by atoms with E-state index < -0.39 is 26.5 Å². The van der Waals surface area contributed by atoms with Gasteiger partial charge in [-0.3, -0.25) is 0 Å². The SMILES string of the molecule is CS(=O)(=O)c1cccc(-c2cc(C(F)(F)F)cnc2OCSC2(O)CCCC2)c1. The second-order valence-corrected chi connectivity index (χ2v) is 10.2. The Bertz CT molecular complexity index is 987. The lowest BCUT2D eigenvalue weighted by Gasteiger charge is -2.21. The Morgan fingerprint density at radius 1 is 1.24 bits per heavy atom. The highest BCUT2D eigenvalue weighted by Crippen LogP contribution is 2.40. The summed E-state index contributed by atoms with van der Waals surface area (Å²) in [6, 6.07) is 6.49. The number of nitrogens with zero attached hydrogens (tertiary/aromatic N) is 1. The fourth-order valence-electron chi connectivity index (χ4n) is 3.09. The Morgan fingerprint density at radius 2 is 1.93 bits per heavy atom. The standard InChI is InChI=1S/C19H20F3NO4S2/c1-29(25,26)15-6-4-5-13(9-15)16-10-14(19(20,21)22)11-23-17(16)27-12-28-18(24)7-2-3-8-18/h4-6,9-11,24H,2-3,7-8,12H2,1H3. The van der Waals surface area contributed by atoms with Gasteiger partial charge in [-0.2, -0.15) is 13.2 Å². The lowest BCUT2D eigenvalue weighted by Crippen LogP contribution is -2.20. The number of hydrogen-bond donors (Lipinski definition) is 1. The third-order valence-electron chi connectivity index (χ3n) is 4.66. The molecule has 5 nitrogen and oxygen atoms in total. The van der Waals surface area contributed by atoms with Gasteiger partial charge in [-0.05, 0) is 49.4 Å². The molecular weight excluding hydrogens is 427 g/mol. The zero-order valence-electron chi connectivity index (χ0n) is 15.6. The molecule has 0 amide bonds. The lowest BCUT2D eigenvalue weighted by atomic mass is 10.1. The number of rotatable bonds is 6. The maximum Gasteiger partial charge on any atom is 0.417 e. The topological polar surface area (TPSA) is 76.5 Å². The number of sulfone groups is 1. The first-order chi connectivity index (χ1) is 13.5. The van der Waals surface area contributed by atoms with Crippen molar-refractivity contribution in [3.8, 4) is 17.0 Å². The van der Waals surface area contributed by atoms with Crippen LogP contribution in [-0.4, -0.2) is 35.6 Å². The molecule has 1 aliphatic carbocycles. The van der Waals surface area contributed by atoms with E-state index in [1.54, 1.807) is 0 Å². The molecule has 0 unspecified atom stereocenters. The summed E-state index contributed by atoms with van der Waals surface area (Å²) in [6.07, 6.45) is 0.163. The summed E-state index contributed by atoms with van der Waals surface area (Å²) >= 11 is 1.18. The van der Waals surface area contributed by atoms with E-state index >= 15 is 0 Å². The van der Waals surface area contributed by atoms with Crippen LogP contribution >= 0.6 is 11.8 Å². The summed E-state index contributed by atoms with van der Waals surface area (Å²) < 4.78 is 68.8. The van der Waals surface area contributed by atoms with Crippen LogP contribution < -0.4 is 4.74 Å². The average Bonchev–Trinajstić information content (AvgIpc) is 3.07. The molecular formula is C19H20F3NO4S2. The van der Waals surface area contributed by atoms with Crippen molar-refractivity contribution in [3.63, 3.8) is 0 Å². The van der Waals surface area contributed by atoms with Crippen molar-refractivity contribution < 1.29 is 31.4 Å². The first kappa shape index (κ1) is 21.9. The minimum absolute atomic E-state index is 0.00757. The van der Waals surface area contributed by atoms with Gasteiger partial charge in [0.15, 0.2) is 9.84 Å². The van der Waals surface area contributed by atoms with E-state index in [-0.39, 0.29) is 27.8 Å². The predicted molar refractivity (Wildman–Crippen MR) is 104 cm³/mol. The molecule has 0 aliphatic heterocycles. The van der Waals surface area contributed by atoms with E-state index in [0.29, 0.717) is 19.0 Å². The molecule has 1 heterocycles. The van der Waals surface area contributed by atoms with Crippen molar-refractivity contribution in [2.24, 2.45) is 0 Å². The van der Waals surface area contributed by atoms with Gasteiger partial charge in [0.2, 0.25) is 5.88 Å². The smallest absolute Gasteiger partial charge is 0.417 e. The molecule has 1 fully saturated rings. The average molecular weight is 448 g/mol. The van der Waals surface area contributed by atoms with E-state index in [2.05, 4.69) is 4.98 Å². The number of hydrogen-bond acceptors (Lipinski definition) is 6. The van der Waals surface area contributed by atoms with E-state index in [1.165, 1.54) is 36.0 Å². The molecule has 3 rings (SSSR count). The summed E-state index contributed by atoms with van der Waals surface area (Å²) in [5.41, 5.74) is -0.692. The molecule has 0 bridgehead atoms. The Hall–Kier alpha value is -1.78. The fourth-order valence-corrected chi connectivity index (χ4v) is 4.72. The number of aromatic nitrogens is 1. The number of alkyl halides is 3. The van der Waals surface area contributed by atoms with Crippen molar-refractivity contribution in [2.45, 2.75) is 41.7 Å². The van der Waals surface area contributed by atoms with Gasteiger partial charge in [0.1, 0.15) is 10.9 Å². The largest absolute Gasteiger partial charge is 0.466 e. The van der Waals surface area contributed by atoms with Crippen molar-refractivity contribution >= 4 is 21.6 Å². The van der Waals surface area contributed by atoms with Crippen LogP contribution in [0, 0.1) is 0 Å². The molecule has 1 aromatic carbocycles. The molecule has 1 N–H and O–H groups in total. The van der Waals surface area contributed by atoms with Crippen molar-refractivity contribution in [2.75, 3.05) is 12.2 Å². The van der Waals surface area contributed by atoms with Crippen LogP contribution in [0.5, 0.6) is 5.88 Å². The number of pyridine rings is 1. The number of thioether (sulfide) groups is 1. The highest BCUT2D eigenvalue weighted by Gasteiger charge is 2.33. The van der Waals surface area contributed by atoms with Crippen molar-refractivity contribution in [3.05, 3.63) is 42.1 Å². The third-order valence-corrected chi connectivity index (χ3v) is 6.95. The second-order valence-electron chi connectivity index (χ2n) is 6.93. The summed E-state index contributed by atoms with van der Waals surface area (Å²) in [6.45, 7) is 0. The minimum atomic E-state index is -4.61. The molecule has 2 aromatic rings. The Balaban J connectivity index is 1.94. The molecule has 0 saturated heterocycles. The van der Waals surface area contributed by atoms with Crippen LogP contribution in [0.2, 0.25) is 0 Å². The summed E-state index contributed by atoms with van der Waals surface area (Å²) in [7, 11) is -3.54. The zero-order chi connectivity index (χ0) is 21.3. The number of aliphatic hydroxyl groups is 1. The quantitative estimate of drug-likeness (QED) is 0.657. The molecule has 1 aromatic heterocycles. The molecule has 29 heavy (non-hydrogen) atoms. The van der Waals surface area contributed by atoms with Gasteiger partial charge >= 0.3 is 6.18 Å². The van der Waals surface area contributed by atoms with Gasteiger partial charge in [0, 0.05) is 18.0 Å². The van der Waals surface area contributed by atoms with Crippen LogP contribution in [0.3, 0.4) is 0 Å². The van der Waals surface area contributed by atoms with Gasteiger partial charge in [-0.1, -0.05) is 23.9 Å². The molecule has 1 saturated carbocycles. The first-order valence-electron chi connectivity index (χ1n) is 8.85. The van der Waals surface area contributed by atoms with Gasteiger partial charge in [-0.15, -0.1) is 0 Å². The van der Waals surface area contributed by atoms with Crippen LogP contribution in [0.4, 0.5) is 13.2 Å². The highest BCUT2D eigenvalue weighted by atomic mass is 32.2. The molecule has 158 valence electrons. The molecule has 10 heteroatoms. The Labute approximate surface area is 171 Å². The summed E-state index contributed by atoms with van der Waals surface area (Å²) in [4.78, 5) is 2.89. The van der Waals surface area contributed by atoms with Crippen LogP contribution in [0.15, 0.2) is 41.4 Å². The first-order valence-corrected chi connectivity index (χ1v) is 11.7. The zero-order valence-corrected chi connectivity index (χ0v) is 17.2. The normalized spacial score (nSPS) is 16.7. The molecule has 0 radical (unpaired) electrons. The maximum atomic E-state index is 13.2. The number of ether oxygens (including phenoxy) is 1. The molecule has 1 aliphatic rings. The van der Waals surface area contributed by atoms with Crippen molar-refractivity contribution in [1.82, 2.24) is 4.98 Å². The maximum absolute atomic E-state index is 13.2. The van der Waals surface area contributed by atoms with E-state index in [4.69, 9.17) is 4.74 Å². The predicted octanol–water partition coefficient (Wildman–Crippen LogP) is 4.50. The second kappa shape index (κ2) is 8.16. The van der Waals surface area contributed by atoms with E-state index in [1.807, 2.05) is 0 Å². The van der Waals surface area contributed by atoms with Gasteiger partial charge in [0.25, 0.3) is 0 Å². The van der Waals surface area contributed by atoms with E-state index in [9.17, 15) is 26.7 Å². The van der Waals surface area contributed by atoms with Crippen LogP contribution in [-0.2, 0) is 16.0 Å². The highest BCUT2D eigenvalue weighted by molar-refractivity contribution is 8.00. The fraction of sp³-hybridized carbons (Fsp3) is 0.421. The lowest BCUT2D eigenvalue weighted by molar-refractivity contribution is -0.137. The monoisotopic (exact) mass is 447 g/mol. The minimum Gasteiger partial charge on any atom is -0.466 e. The summed E-state index contributed by atoms with van der Waals surface area (Å²) in [5.74, 6) is -0.0501. The Morgan fingerprint density at radius 3 is 2.55 bits per heavy atom. The third kappa shape index (κ3) is 5.43. The molecule has 0 spiro atoms.